The van der Waals surface area contributed by atoms with E-state index >= 15 is 0 Å². The predicted octanol–water partition coefficient (Wildman–Crippen LogP) is 2.23. The second-order valence-electron chi connectivity index (χ2n) is 5.49. The van der Waals surface area contributed by atoms with Crippen molar-refractivity contribution < 1.29 is 0 Å². The minimum atomic E-state index is 0.175. The molecule has 1 unspecified atom stereocenters. The Hall–Kier alpha value is -1.09. The van der Waals surface area contributed by atoms with E-state index in [1.807, 2.05) is 6.07 Å². The topological polar surface area (TPSA) is 50.9 Å². The summed E-state index contributed by atoms with van der Waals surface area (Å²) in [5.41, 5.74) is 7.14. The molecule has 0 aromatic carbocycles. The quantitative estimate of drug-likeness (QED) is 0.819. The van der Waals surface area contributed by atoms with Crippen LogP contribution in [-0.2, 0) is 6.42 Å². The molecule has 0 aliphatic heterocycles. The van der Waals surface area contributed by atoms with Gasteiger partial charge in [-0.1, -0.05) is 13.0 Å². The van der Waals surface area contributed by atoms with Crippen molar-refractivity contribution in [3.05, 3.63) is 23.9 Å². The molecule has 0 aliphatic carbocycles. The first-order valence-corrected chi connectivity index (χ1v) is 5.83. The molecule has 1 heterocycles. The van der Waals surface area contributed by atoms with Crippen LogP contribution in [0.2, 0.25) is 0 Å². The molecule has 0 radical (unpaired) electrons. The first kappa shape index (κ1) is 13.0. The average Bonchev–Trinajstić information content (AvgIpc) is 2.18. The molecule has 1 aromatic rings. The van der Waals surface area contributed by atoms with E-state index in [-0.39, 0.29) is 5.54 Å². The first-order chi connectivity index (χ1) is 7.38. The van der Waals surface area contributed by atoms with Crippen LogP contribution in [0.3, 0.4) is 0 Å². The Labute approximate surface area is 98.5 Å². The lowest BCUT2D eigenvalue weighted by Crippen LogP contribution is -2.39. The summed E-state index contributed by atoms with van der Waals surface area (Å²) in [6.45, 7) is 9.76. The van der Waals surface area contributed by atoms with Gasteiger partial charge < -0.3 is 11.1 Å². The third-order valence-corrected chi connectivity index (χ3v) is 2.48. The summed E-state index contributed by atoms with van der Waals surface area (Å²) in [6.07, 6.45) is 2.71. The van der Waals surface area contributed by atoms with E-state index in [2.05, 4.69) is 44.1 Å². The minimum Gasteiger partial charge on any atom is -0.383 e. The molecule has 0 amide bonds. The zero-order valence-electron chi connectivity index (χ0n) is 10.7. The van der Waals surface area contributed by atoms with Crippen LogP contribution in [0.25, 0.3) is 0 Å². The van der Waals surface area contributed by atoms with Gasteiger partial charge in [0.2, 0.25) is 0 Å². The number of hydrogen-bond acceptors (Lipinski definition) is 3. The van der Waals surface area contributed by atoms with E-state index < -0.39 is 0 Å². The summed E-state index contributed by atoms with van der Waals surface area (Å²) in [4.78, 5) is 4.10. The highest BCUT2D eigenvalue weighted by atomic mass is 14.9. The number of nitrogen functional groups attached to an aromatic ring is 1. The van der Waals surface area contributed by atoms with Gasteiger partial charge in [0.1, 0.15) is 5.82 Å². The fourth-order valence-electron chi connectivity index (χ4n) is 1.55. The molecule has 3 heteroatoms. The predicted molar refractivity (Wildman–Crippen MR) is 69.3 cm³/mol. The summed E-state index contributed by atoms with van der Waals surface area (Å²) in [7, 11) is 0. The third-order valence-electron chi connectivity index (χ3n) is 2.48. The highest BCUT2D eigenvalue weighted by molar-refractivity contribution is 5.38. The Bertz CT molecular complexity index is 328. The van der Waals surface area contributed by atoms with Gasteiger partial charge in [0.15, 0.2) is 0 Å². The third kappa shape index (κ3) is 4.62. The molecular formula is C13H23N3. The number of hydrogen-bond donors (Lipinski definition) is 2. The number of nitrogens with two attached hydrogens (primary N) is 1. The maximum absolute atomic E-state index is 5.82. The van der Waals surface area contributed by atoms with Crippen molar-refractivity contribution in [2.75, 3.05) is 12.3 Å². The molecule has 16 heavy (non-hydrogen) atoms. The van der Waals surface area contributed by atoms with E-state index in [1.165, 1.54) is 0 Å². The second-order valence-corrected chi connectivity index (χ2v) is 5.49. The number of aromatic nitrogens is 1. The molecule has 1 atom stereocenters. The summed E-state index contributed by atoms with van der Waals surface area (Å²) in [5, 5.41) is 3.50. The Kier molecular flexibility index (Phi) is 4.30. The molecule has 0 saturated carbocycles. The smallest absolute Gasteiger partial charge is 0.126 e. The summed E-state index contributed by atoms with van der Waals surface area (Å²) in [5.74, 6) is 1.22. The van der Waals surface area contributed by atoms with E-state index in [0.717, 1.165) is 18.5 Å². The summed E-state index contributed by atoms with van der Waals surface area (Å²) < 4.78 is 0. The normalized spacial score (nSPS) is 13.8. The van der Waals surface area contributed by atoms with Crippen LogP contribution in [0.5, 0.6) is 0 Å². The van der Waals surface area contributed by atoms with Crippen molar-refractivity contribution in [3.8, 4) is 0 Å². The van der Waals surface area contributed by atoms with E-state index in [0.29, 0.717) is 11.7 Å². The molecule has 1 aromatic heterocycles. The maximum atomic E-state index is 5.82. The highest BCUT2D eigenvalue weighted by Gasteiger charge is 2.12. The largest absolute Gasteiger partial charge is 0.383 e. The molecule has 0 bridgehead atoms. The van der Waals surface area contributed by atoms with Gasteiger partial charge in [-0.25, -0.2) is 4.98 Å². The van der Waals surface area contributed by atoms with Crippen LogP contribution >= 0.6 is 0 Å². The Morgan fingerprint density at radius 3 is 2.69 bits per heavy atom. The maximum Gasteiger partial charge on any atom is 0.126 e. The van der Waals surface area contributed by atoms with Gasteiger partial charge >= 0.3 is 0 Å². The van der Waals surface area contributed by atoms with Crippen LogP contribution < -0.4 is 11.1 Å². The Morgan fingerprint density at radius 1 is 1.44 bits per heavy atom. The van der Waals surface area contributed by atoms with Crippen LogP contribution in [-0.4, -0.2) is 17.1 Å². The van der Waals surface area contributed by atoms with Gasteiger partial charge in [-0.2, -0.15) is 0 Å². The SMILES string of the molecule is CC(CNC(C)(C)C)Cc1cccnc1N. The van der Waals surface area contributed by atoms with Crippen LogP contribution in [0.1, 0.15) is 33.3 Å². The van der Waals surface area contributed by atoms with Crippen LogP contribution in [0.4, 0.5) is 5.82 Å². The fourth-order valence-corrected chi connectivity index (χ4v) is 1.55. The van der Waals surface area contributed by atoms with Crippen LogP contribution in [0, 0.1) is 5.92 Å². The lowest BCUT2D eigenvalue weighted by molar-refractivity contribution is 0.381. The summed E-state index contributed by atoms with van der Waals surface area (Å²) in [6, 6.07) is 3.99. The van der Waals surface area contributed by atoms with E-state index in [1.54, 1.807) is 6.20 Å². The van der Waals surface area contributed by atoms with Gasteiger partial charge in [0, 0.05) is 11.7 Å². The van der Waals surface area contributed by atoms with Crippen molar-refractivity contribution in [2.24, 2.45) is 5.92 Å². The zero-order valence-corrected chi connectivity index (χ0v) is 10.7. The van der Waals surface area contributed by atoms with E-state index in [4.69, 9.17) is 5.73 Å². The number of pyridine rings is 1. The first-order valence-electron chi connectivity index (χ1n) is 5.83. The van der Waals surface area contributed by atoms with Crippen molar-refractivity contribution >= 4 is 5.82 Å². The lowest BCUT2D eigenvalue weighted by Gasteiger charge is -2.23. The van der Waals surface area contributed by atoms with Gasteiger partial charge in [0.25, 0.3) is 0 Å². The molecule has 0 saturated heterocycles. The molecule has 3 N–H and O–H groups in total. The molecule has 1 rings (SSSR count). The van der Waals surface area contributed by atoms with Gasteiger partial charge in [-0.15, -0.1) is 0 Å². The number of anilines is 1. The van der Waals surface area contributed by atoms with Gasteiger partial charge in [-0.3, -0.25) is 0 Å². The van der Waals surface area contributed by atoms with Crippen molar-refractivity contribution in [2.45, 2.75) is 39.7 Å². The number of nitrogens with zero attached hydrogens (tertiary/aromatic N) is 1. The fraction of sp³-hybridized carbons (Fsp3) is 0.615. The zero-order chi connectivity index (χ0) is 12.2. The standard InChI is InChI=1S/C13H23N3/c1-10(9-16-13(2,3)4)8-11-6-5-7-15-12(11)14/h5-7,10,16H,8-9H2,1-4H3,(H2,14,15). The highest BCUT2D eigenvalue weighted by Crippen LogP contribution is 2.13. The Morgan fingerprint density at radius 2 is 2.12 bits per heavy atom. The number of nitrogens with one attached hydrogen (secondary N) is 1. The molecular weight excluding hydrogens is 198 g/mol. The monoisotopic (exact) mass is 221 g/mol. The Balaban J connectivity index is 2.46. The summed E-state index contributed by atoms with van der Waals surface area (Å²) >= 11 is 0. The van der Waals surface area contributed by atoms with Crippen molar-refractivity contribution in [1.29, 1.82) is 0 Å². The molecule has 3 nitrogen and oxygen atoms in total. The second kappa shape index (κ2) is 5.30. The molecule has 0 fully saturated rings. The average molecular weight is 221 g/mol. The lowest BCUT2D eigenvalue weighted by atomic mass is 10.00. The molecule has 0 spiro atoms. The van der Waals surface area contributed by atoms with Crippen LogP contribution in [0.15, 0.2) is 18.3 Å². The van der Waals surface area contributed by atoms with Crippen molar-refractivity contribution in [1.82, 2.24) is 10.3 Å². The van der Waals surface area contributed by atoms with Gasteiger partial charge in [0.05, 0.1) is 0 Å². The number of rotatable bonds is 4. The molecule has 90 valence electrons. The van der Waals surface area contributed by atoms with Crippen molar-refractivity contribution in [3.63, 3.8) is 0 Å². The molecule has 0 aliphatic rings. The minimum absolute atomic E-state index is 0.175. The van der Waals surface area contributed by atoms with Gasteiger partial charge in [-0.05, 0) is 51.3 Å². The van der Waals surface area contributed by atoms with E-state index in [9.17, 15) is 0 Å².